The second-order valence-electron chi connectivity index (χ2n) is 8.47. The molecule has 2 saturated carbocycles. The Bertz CT molecular complexity index is 807. The summed E-state index contributed by atoms with van der Waals surface area (Å²) < 4.78 is 27.4. The molecule has 3 rings (SSSR count). The summed E-state index contributed by atoms with van der Waals surface area (Å²) in [6.07, 6.45) is 3.26. The maximum Gasteiger partial charge on any atom is 0.241 e. The predicted molar refractivity (Wildman–Crippen MR) is 102 cm³/mol. The van der Waals surface area contributed by atoms with Gasteiger partial charge in [-0.2, -0.15) is 4.72 Å². The summed E-state index contributed by atoms with van der Waals surface area (Å²) in [6, 6.07) is 5.12. The van der Waals surface area contributed by atoms with Gasteiger partial charge >= 0.3 is 0 Å². The summed E-state index contributed by atoms with van der Waals surface area (Å²) in [5, 5.41) is 3.56. The number of hydrogen-bond acceptors (Lipinski definition) is 3. The van der Waals surface area contributed by atoms with Crippen molar-refractivity contribution in [2.45, 2.75) is 63.9 Å². The fourth-order valence-electron chi connectivity index (χ4n) is 4.69. The minimum Gasteiger partial charge on any atom is -0.351 e. The van der Waals surface area contributed by atoms with Crippen molar-refractivity contribution in [2.24, 2.45) is 16.7 Å². The van der Waals surface area contributed by atoms with Gasteiger partial charge in [-0.1, -0.05) is 32.4 Å². The first-order valence-corrected chi connectivity index (χ1v) is 10.9. The normalized spacial score (nSPS) is 31.0. The molecule has 0 spiro atoms. The summed E-state index contributed by atoms with van der Waals surface area (Å²) in [6.45, 7) is 8.38. The number of amides is 1. The number of hydrogen-bond donors (Lipinski definition) is 2. The van der Waals surface area contributed by atoms with Crippen LogP contribution in [0.4, 0.5) is 0 Å². The zero-order valence-electron chi connectivity index (χ0n) is 15.7. The van der Waals surface area contributed by atoms with E-state index in [-0.39, 0.29) is 27.7 Å². The lowest BCUT2D eigenvalue weighted by Gasteiger charge is -2.39. The topological polar surface area (TPSA) is 75.3 Å². The van der Waals surface area contributed by atoms with Crippen molar-refractivity contribution in [1.29, 1.82) is 0 Å². The second-order valence-corrected chi connectivity index (χ2v) is 10.6. The number of fused-ring (bicyclic) bond motifs is 2. The van der Waals surface area contributed by atoms with Crippen LogP contribution in [0.25, 0.3) is 0 Å². The molecule has 2 aliphatic rings. The number of benzene rings is 1. The summed E-state index contributed by atoms with van der Waals surface area (Å²) in [5.74, 6) is 0.330. The van der Waals surface area contributed by atoms with Gasteiger partial charge in [0, 0.05) is 11.1 Å². The summed E-state index contributed by atoms with van der Waals surface area (Å²) >= 11 is 5.80. The number of rotatable bonds is 5. The zero-order valence-corrected chi connectivity index (χ0v) is 17.2. The van der Waals surface area contributed by atoms with Crippen LogP contribution >= 0.6 is 11.6 Å². The lowest BCUT2D eigenvalue weighted by molar-refractivity contribution is -0.124. The smallest absolute Gasteiger partial charge is 0.241 e. The van der Waals surface area contributed by atoms with E-state index in [1.165, 1.54) is 30.7 Å². The molecule has 0 saturated heterocycles. The molecule has 4 atom stereocenters. The molecule has 2 fully saturated rings. The Morgan fingerprint density at radius 2 is 1.85 bits per heavy atom. The summed E-state index contributed by atoms with van der Waals surface area (Å²) in [4.78, 5) is 12.7. The fourth-order valence-corrected chi connectivity index (χ4v) is 6.02. The standard InChI is InChI=1S/C19H27ClN2O3S/c1-12(22-26(24,25)15-7-5-14(20)6-8-15)17(23)21-16-11-13-9-10-19(16,4)18(13,2)3/h5-8,12-13,16,22H,9-11H2,1-4H3,(H,21,23)/t12-,13?,16?,19?/m0/s1. The molecular formula is C19H27ClN2O3S. The molecule has 1 aromatic carbocycles. The first-order valence-electron chi connectivity index (χ1n) is 9.06. The number of carbonyl (C=O) groups excluding carboxylic acids is 1. The number of sulfonamides is 1. The lowest BCUT2D eigenvalue weighted by Crippen LogP contribution is -2.52. The number of halogens is 1. The van der Waals surface area contributed by atoms with Gasteiger partial charge in [-0.25, -0.2) is 8.42 Å². The molecule has 2 bridgehead atoms. The molecule has 0 aromatic heterocycles. The van der Waals surface area contributed by atoms with Gasteiger partial charge in [0.05, 0.1) is 10.9 Å². The van der Waals surface area contributed by atoms with Crippen LogP contribution in [0.15, 0.2) is 29.2 Å². The molecular weight excluding hydrogens is 372 g/mol. The Kier molecular flexibility index (Phi) is 4.91. The van der Waals surface area contributed by atoms with Gasteiger partial charge < -0.3 is 5.32 Å². The Balaban J connectivity index is 1.67. The number of carbonyl (C=O) groups is 1. The van der Waals surface area contributed by atoms with Crippen molar-refractivity contribution in [1.82, 2.24) is 10.0 Å². The third kappa shape index (κ3) is 3.16. The van der Waals surface area contributed by atoms with Gasteiger partial charge in [-0.3, -0.25) is 4.79 Å². The van der Waals surface area contributed by atoms with Crippen LogP contribution in [-0.4, -0.2) is 26.4 Å². The highest BCUT2D eigenvalue weighted by molar-refractivity contribution is 7.89. The van der Waals surface area contributed by atoms with Crippen LogP contribution in [0.2, 0.25) is 5.02 Å². The van der Waals surface area contributed by atoms with Gasteiger partial charge in [-0.05, 0) is 67.2 Å². The third-order valence-electron chi connectivity index (χ3n) is 6.96. The van der Waals surface area contributed by atoms with Crippen LogP contribution < -0.4 is 10.0 Å². The highest BCUT2D eigenvalue weighted by atomic mass is 35.5. The maximum absolute atomic E-state index is 12.6. The Hall–Kier alpha value is -1.11. The quantitative estimate of drug-likeness (QED) is 0.798. The van der Waals surface area contributed by atoms with E-state index < -0.39 is 16.1 Å². The zero-order chi connectivity index (χ0) is 19.3. The average molecular weight is 399 g/mol. The molecule has 2 aliphatic carbocycles. The molecule has 1 aromatic rings. The first kappa shape index (κ1) is 19.6. The molecule has 1 amide bonds. The molecule has 0 aliphatic heterocycles. The van der Waals surface area contributed by atoms with Crippen molar-refractivity contribution < 1.29 is 13.2 Å². The van der Waals surface area contributed by atoms with Crippen molar-refractivity contribution in [3.05, 3.63) is 29.3 Å². The monoisotopic (exact) mass is 398 g/mol. The lowest BCUT2D eigenvalue weighted by atomic mass is 9.69. The van der Waals surface area contributed by atoms with E-state index in [1.54, 1.807) is 6.92 Å². The fraction of sp³-hybridized carbons (Fsp3) is 0.632. The van der Waals surface area contributed by atoms with Gasteiger partial charge in [-0.15, -0.1) is 0 Å². The third-order valence-corrected chi connectivity index (χ3v) is 8.77. The van der Waals surface area contributed by atoms with Crippen LogP contribution in [0, 0.1) is 16.7 Å². The van der Waals surface area contributed by atoms with E-state index in [1.807, 2.05) is 0 Å². The Morgan fingerprint density at radius 1 is 1.23 bits per heavy atom. The molecule has 2 N–H and O–H groups in total. The predicted octanol–water partition coefficient (Wildman–Crippen LogP) is 3.34. The van der Waals surface area contributed by atoms with Crippen LogP contribution in [0.3, 0.4) is 0 Å². The van der Waals surface area contributed by atoms with Crippen LogP contribution in [-0.2, 0) is 14.8 Å². The second kappa shape index (κ2) is 6.50. The van der Waals surface area contributed by atoms with E-state index in [4.69, 9.17) is 11.6 Å². The average Bonchev–Trinajstić information content (AvgIpc) is 2.88. The minimum atomic E-state index is -3.77. The van der Waals surface area contributed by atoms with Gasteiger partial charge in [0.1, 0.15) is 0 Å². The largest absolute Gasteiger partial charge is 0.351 e. The molecule has 26 heavy (non-hydrogen) atoms. The van der Waals surface area contributed by atoms with E-state index in [0.717, 1.165) is 12.8 Å². The molecule has 144 valence electrons. The first-order chi connectivity index (χ1) is 12.0. The molecule has 7 heteroatoms. The van der Waals surface area contributed by atoms with E-state index in [2.05, 4.69) is 30.8 Å². The van der Waals surface area contributed by atoms with Gasteiger partial charge in [0.15, 0.2) is 0 Å². The Labute approximate surface area is 160 Å². The van der Waals surface area contributed by atoms with E-state index in [9.17, 15) is 13.2 Å². The minimum absolute atomic E-state index is 0.0576. The highest BCUT2D eigenvalue weighted by Crippen LogP contribution is 2.65. The van der Waals surface area contributed by atoms with Crippen LogP contribution in [0.5, 0.6) is 0 Å². The van der Waals surface area contributed by atoms with Crippen molar-refractivity contribution in [2.75, 3.05) is 0 Å². The van der Waals surface area contributed by atoms with E-state index in [0.29, 0.717) is 10.9 Å². The van der Waals surface area contributed by atoms with Crippen molar-refractivity contribution >= 4 is 27.5 Å². The molecule has 0 radical (unpaired) electrons. The molecule has 0 heterocycles. The number of nitrogens with one attached hydrogen (secondary N) is 2. The Morgan fingerprint density at radius 3 is 2.35 bits per heavy atom. The molecule has 3 unspecified atom stereocenters. The maximum atomic E-state index is 12.6. The van der Waals surface area contributed by atoms with Gasteiger partial charge in [0.2, 0.25) is 15.9 Å². The van der Waals surface area contributed by atoms with Crippen LogP contribution in [0.1, 0.15) is 47.0 Å². The SMILES string of the molecule is C[C@H](NS(=O)(=O)c1ccc(Cl)cc1)C(=O)NC1CC2CCC1(C)C2(C)C. The van der Waals surface area contributed by atoms with Crippen molar-refractivity contribution in [3.63, 3.8) is 0 Å². The van der Waals surface area contributed by atoms with E-state index >= 15 is 0 Å². The highest BCUT2D eigenvalue weighted by Gasteiger charge is 2.61. The summed E-state index contributed by atoms with van der Waals surface area (Å²) in [5.41, 5.74) is 0.249. The molecule has 5 nitrogen and oxygen atoms in total. The summed E-state index contributed by atoms with van der Waals surface area (Å²) in [7, 11) is -3.77. The van der Waals surface area contributed by atoms with Gasteiger partial charge in [0.25, 0.3) is 0 Å². The van der Waals surface area contributed by atoms with Crippen molar-refractivity contribution in [3.8, 4) is 0 Å².